The summed E-state index contributed by atoms with van der Waals surface area (Å²) in [6.07, 6.45) is 1.05. The Morgan fingerprint density at radius 3 is 1.48 bits per heavy atom. The van der Waals surface area contributed by atoms with E-state index in [4.69, 9.17) is 9.47 Å². The van der Waals surface area contributed by atoms with E-state index in [9.17, 15) is 0 Å². The topological polar surface area (TPSA) is 30.5 Å². The van der Waals surface area contributed by atoms with Crippen LogP contribution < -0.4 is 5.32 Å². The van der Waals surface area contributed by atoms with Gasteiger partial charge in [-0.15, -0.1) is 34.0 Å². The molecule has 0 bridgehead atoms. The summed E-state index contributed by atoms with van der Waals surface area (Å²) < 4.78 is 10.0. The Morgan fingerprint density at radius 2 is 1.13 bits per heavy atom. The van der Waals surface area contributed by atoms with Gasteiger partial charge in [0.1, 0.15) is 0 Å². The van der Waals surface area contributed by atoms with Crippen molar-refractivity contribution in [3.05, 3.63) is 64.2 Å². The first-order chi connectivity index (χ1) is 14.7. The van der Waals surface area contributed by atoms with E-state index in [1.54, 1.807) is 14.2 Å². The largest absolute Gasteiger partial charge is 0.384 e. The number of methoxy groups -OCH3 is 2. The Labute approximate surface area is 201 Å². The molecule has 0 saturated carbocycles. The summed E-state index contributed by atoms with van der Waals surface area (Å²) in [6.45, 7) is 15.5. The molecule has 6 heteroatoms. The predicted octanol–water partition coefficient (Wildman–Crippen LogP) is 7.15. The summed E-state index contributed by atoms with van der Waals surface area (Å²) in [6, 6.07) is 6.68. The number of hydrogen-bond donors (Lipinski definition) is 1. The van der Waals surface area contributed by atoms with Crippen LogP contribution in [0, 0.1) is 41.5 Å². The molecular formula is C25H39NO2S3. The van der Waals surface area contributed by atoms with Crippen molar-refractivity contribution in [3.63, 3.8) is 0 Å². The van der Waals surface area contributed by atoms with Crippen LogP contribution in [0.25, 0.3) is 0 Å². The van der Waals surface area contributed by atoms with Crippen LogP contribution in [0.3, 0.4) is 0 Å². The fraction of sp³-hybridized carbons (Fsp3) is 0.520. The van der Waals surface area contributed by atoms with Gasteiger partial charge in [-0.2, -0.15) is 0 Å². The van der Waals surface area contributed by atoms with Crippen LogP contribution >= 0.6 is 34.0 Å². The molecule has 0 spiro atoms. The molecule has 1 N–H and O–H groups in total. The molecule has 0 aromatic carbocycles. The highest BCUT2D eigenvalue weighted by molar-refractivity contribution is 7.12. The van der Waals surface area contributed by atoms with E-state index in [0.29, 0.717) is 0 Å². The smallest absolute Gasteiger partial charge is 0.0723 e. The zero-order valence-corrected chi connectivity index (χ0v) is 23.1. The molecule has 0 amide bonds. The van der Waals surface area contributed by atoms with Gasteiger partial charge in [-0.1, -0.05) is 0 Å². The monoisotopic (exact) mass is 481 g/mol. The molecule has 3 nitrogen and oxygen atoms in total. The lowest BCUT2D eigenvalue weighted by Gasteiger charge is -1.96. The zero-order valence-electron chi connectivity index (χ0n) is 20.6. The molecular weight excluding hydrogens is 442 g/mol. The van der Waals surface area contributed by atoms with Gasteiger partial charge in [0.25, 0.3) is 0 Å². The van der Waals surface area contributed by atoms with Gasteiger partial charge in [-0.25, -0.2) is 0 Å². The molecule has 3 heterocycles. The van der Waals surface area contributed by atoms with E-state index in [-0.39, 0.29) is 0 Å². The fourth-order valence-electron chi connectivity index (χ4n) is 3.18. The molecule has 0 aliphatic rings. The maximum Gasteiger partial charge on any atom is 0.0723 e. The van der Waals surface area contributed by atoms with Gasteiger partial charge in [0.15, 0.2) is 0 Å². The molecule has 0 aliphatic heterocycles. The Hall–Kier alpha value is -1.02. The Morgan fingerprint density at radius 1 is 0.677 bits per heavy atom. The second-order valence-electron chi connectivity index (χ2n) is 7.52. The lowest BCUT2D eigenvalue weighted by atomic mass is 10.2. The molecule has 31 heavy (non-hydrogen) atoms. The van der Waals surface area contributed by atoms with Crippen LogP contribution in [-0.2, 0) is 29.0 Å². The molecule has 0 aliphatic carbocycles. The van der Waals surface area contributed by atoms with Crippen molar-refractivity contribution < 1.29 is 9.47 Å². The summed E-state index contributed by atoms with van der Waals surface area (Å²) >= 11 is 5.56. The van der Waals surface area contributed by atoms with E-state index in [0.717, 1.165) is 26.2 Å². The highest BCUT2D eigenvalue weighted by Gasteiger charge is 2.02. The maximum atomic E-state index is 5.03. The first-order valence-electron chi connectivity index (χ1n) is 10.5. The van der Waals surface area contributed by atoms with Crippen LogP contribution in [0.4, 0.5) is 0 Å². The van der Waals surface area contributed by atoms with Crippen molar-refractivity contribution in [1.82, 2.24) is 5.32 Å². The molecule has 0 radical (unpaired) electrons. The van der Waals surface area contributed by atoms with Crippen molar-refractivity contribution >= 4 is 34.0 Å². The number of thiophene rings is 3. The first-order valence-corrected chi connectivity index (χ1v) is 13.0. The predicted molar refractivity (Wildman–Crippen MR) is 140 cm³/mol. The van der Waals surface area contributed by atoms with Crippen LogP contribution in [0.5, 0.6) is 0 Å². The van der Waals surface area contributed by atoms with Crippen molar-refractivity contribution in [3.8, 4) is 0 Å². The SMILES string of the molecule is CNCc1cc(C)sc1C.COCCc1cc(C)sc1C.COCc1cc(C)sc1C. The average Bonchev–Trinajstić information content (AvgIpc) is 3.31. The van der Waals surface area contributed by atoms with Crippen LogP contribution in [0.1, 0.15) is 46.0 Å². The van der Waals surface area contributed by atoms with E-state index in [2.05, 4.69) is 65.1 Å². The first kappa shape index (κ1) is 28.0. The Balaban J connectivity index is 0.000000233. The second kappa shape index (κ2) is 14.9. The van der Waals surface area contributed by atoms with Gasteiger partial charge >= 0.3 is 0 Å². The molecule has 0 saturated heterocycles. The standard InChI is InChI=1S/C9H14OS.C8H13NS.C8H12OS/c1-7-6-9(4-5-10-3)8(2)11-7;2*1-6-4-8(5-9-3)7(2)10-6/h6H,4-5H2,1-3H3;4,9H,5H2,1-3H3;4H,5H2,1-3H3. The van der Waals surface area contributed by atoms with Crippen LogP contribution in [-0.4, -0.2) is 27.9 Å². The summed E-state index contributed by atoms with van der Waals surface area (Å²) in [5.41, 5.74) is 4.20. The van der Waals surface area contributed by atoms with Crippen LogP contribution in [0.15, 0.2) is 18.2 Å². The van der Waals surface area contributed by atoms with Crippen molar-refractivity contribution in [2.24, 2.45) is 0 Å². The minimum atomic E-state index is 0.746. The average molecular weight is 482 g/mol. The van der Waals surface area contributed by atoms with Gasteiger partial charge < -0.3 is 14.8 Å². The molecule has 3 rings (SSSR count). The zero-order chi connectivity index (χ0) is 23.4. The van der Waals surface area contributed by atoms with Crippen molar-refractivity contribution in [2.75, 3.05) is 27.9 Å². The minimum Gasteiger partial charge on any atom is -0.384 e. The third-order valence-corrected chi connectivity index (χ3v) is 7.70. The number of rotatable bonds is 7. The van der Waals surface area contributed by atoms with Crippen molar-refractivity contribution in [1.29, 1.82) is 0 Å². The highest BCUT2D eigenvalue weighted by Crippen LogP contribution is 2.22. The molecule has 3 aromatic rings. The third-order valence-electron chi connectivity index (χ3n) is 4.67. The number of hydrogen-bond acceptors (Lipinski definition) is 6. The highest BCUT2D eigenvalue weighted by atomic mass is 32.1. The number of nitrogens with one attached hydrogen (secondary N) is 1. The Kier molecular flexibility index (Phi) is 13.5. The number of ether oxygens (including phenoxy) is 2. The minimum absolute atomic E-state index is 0.746. The van der Waals surface area contributed by atoms with Gasteiger partial charge in [0.2, 0.25) is 0 Å². The normalized spacial score (nSPS) is 10.4. The van der Waals surface area contributed by atoms with E-state index in [1.165, 1.54) is 46.0 Å². The lowest BCUT2D eigenvalue weighted by Crippen LogP contribution is -2.04. The van der Waals surface area contributed by atoms with Gasteiger partial charge in [-0.3, -0.25) is 0 Å². The lowest BCUT2D eigenvalue weighted by molar-refractivity contribution is 0.185. The summed E-state index contributed by atoms with van der Waals surface area (Å²) in [5, 5.41) is 3.14. The quantitative estimate of drug-likeness (QED) is 0.389. The van der Waals surface area contributed by atoms with Gasteiger partial charge in [0, 0.05) is 50.0 Å². The van der Waals surface area contributed by atoms with Gasteiger partial charge in [0.05, 0.1) is 13.2 Å². The van der Waals surface area contributed by atoms with Crippen LogP contribution in [0.2, 0.25) is 0 Å². The third kappa shape index (κ3) is 10.4. The molecule has 0 atom stereocenters. The van der Waals surface area contributed by atoms with E-state index >= 15 is 0 Å². The summed E-state index contributed by atoms with van der Waals surface area (Å²) in [4.78, 5) is 8.41. The Bertz CT molecular complexity index is 845. The number of aryl methyl sites for hydroxylation is 6. The van der Waals surface area contributed by atoms with Crippen molar-refractivity contribution in [2.45, 2.75) is 61.1 Å². The molecule has 0 fully saturated rings. The van der Waals surface area contributed by atoms with E-state index in [1.807, 2.05) is 41.1 Å². The molecule has 3 aromatic heterocycles. The molecule has 174 valence electrons. The fourth-order valence-corrected chi connectivity index (χ4v) is 6.03. The molecule has 0 unspecified atom stereocenters. The maximum absolute atomic E-state index is 5.03. The summed E-state index contributed by atoms with van der Waals surface area (Å²) in [5.74, 6) is 0. The summed E-state index contributed by atoms with van der Waals surface area (Å²) in [7, 11) is 5.45. The van der Waals surface area contributed by atoms with Gasteiger partial charge in [-0.05, 0) is 89.9 Å². The second-order valence-corrected chi connectivity index (χ2v) is 11.9. The van der Waals surface area contributed by atoms with E-state index < -0.39 is 0 Å².